The second-order valence-corrected chi connectivity index (χ2v) is 3.83. The maximum Gasteiger partial charge on any atom is 0.133 e. The van der Waals surface area contributed by atoms with Crippen molar-refractivity contribution in [2.45, 2.75) is 6.92 Å². The molecule has 0 spiro atoms. The second-order valence-electron chi connectivity index (χ2n) is 3.83. The lowest BCUT2D eigenvalue weighted by Gasteiger charge is -2.09. The van der Waals surface area contributed by atoms with Gasteiger partial charge in [0.15, 0.2) is 0 Å². The number of nitrogen functional groups attached to an aromatic ring is 1. The summed E-state index contributed by atoms with van der Waals surface area (Å²) in [6.07, 6.45) is 0. The highest BCUT2D eigenvalue weighted by atomic mass is 19.1. The zero-order valence-corrected chi connectivity index (χ0v) is 9.99. The maximum absolute atomic E-state index is 13.8. The van der Waals surface area contributed by atoms with E-state index in [1.165, 1.54) is 10.7 Å². The first-order chi connectivity index (χ1) is 8.04. The topological polar surface area (TPSA) is 53.1 Å². The number of hydrogen-bond donors (Lipinski definition) is 1. The third-order valence-electron chi connectivity index (χ3n) is 2.76. The largest absolute Gasteiger partial charge is 0.496 e. The molecule has 2 rings (SSSR count). The fraction of sp³-hybridized carbons (Fsp3) is 0.250. The van der Waals surface area contributed by atoms with E-state index in [4.69, 9.17) is 10.5 Å². The van der Waals surface area contributed by atoms with Gasteiger partial charge in [0.2, 0.25) is 0 Å². The predicted molar refractivity (Wildman–Crippen MR) is 64.3 cm³/mol. The average molecular weight is 235 g/mol. The lowest BCUT2D eigenvalue weighted by atomic mass is 10.0. The van der Waals surface area contributed by atoms with Gasteiger partial charge >= 0.3 is 0 Å². The van der Waals surface area contributed by atoms with Crippen LogP contribution in [-0.2, 0) is 7.05 Å². The summed E-state index contributed by atoms with van der Waals surface area (Å²) in [5.41, 5.74) is 7.35. The van der Waals surface area contributed by atoms with Gasteiger partial charge in [-0.05, 0) is 19.1 Å². The Bertz CT molecular complexity index is 544. The van der Waals surface area contributed by atoms with Gasteiger partial charge in [-0.2, -0.15) is 5.10 Å². The Morgan fingerprint density at radius 3 is 2.65 bits per heavy atom. The lowest BCUT2D eigenvalue weighted by molar-refractivity contribution is 0.410. The fourth-order valence-electron chi connectivity index (χ4n) is 1.80. The summed E-state index contributed by atoms with van der Waals surface area (Å²) in [6, 6.07) is 4.61. The molecule has 0 saturated heterocycles. The maximum atomic E-state index is 13.8. The molecule has 4 nitrogen and oxygen atoms in total. The van der Waals surface area contributed by atoms with Crippen LogP contribution in [0.3, 0.4) is 0 Å². The van der Waals surface area contributed by atoms with Crippen molar-refractivity contribution in [1.82, 2.24) is 9.78 Å². The Balaban J connectivity index is 2.65. The molecule has 2 N–H and O–H groups in total. The van der Waals surface area contributed by atoms with Crippen molar-refractivity contribution < 1.29 is 9.13 Å². The smallest absolute Gasteiger partial charge is 0.133 e. The standard InChI is InChI=1S/C12H14FN3O/c1-7-10(17-3)5-4-8(13)12(7)9-6-11(14)16(2)15-9/h4-6H,14H2,1-3H3. The summed E-state index contributed by atoms with van der Waals surface area (Å²) in [5, 5.41) is 4.17. The van der Waals surface area contributed by atoms with Gasteiger partial charge in [0, 0.05) is 24.2 Å². The van der Waals surface area contributed by atoms with Gasteiger partial charge in [-0.1, -0.05) is 0 Å². The highest BCUT2D eigenvalue weighted by Gasteiger charge is 2.15. The van der Waals surface area contributed by atoms with Gasteiger partial charge < -0.3 is 10.5 Å². The Morgan fingerprint density at radius 2 is 2.12 bits per heavy atom. The molecule has 0 aliphatic rings. The number of anilines is 1. The summed E-state index contributed by atoms with van der Waals surface area (Å²) in [7, 11) is 3.27. The summed E-state index contributed by atoms with van der Waals surface area (Å²) in [5.74, 6) is 0.786. The quantitative estimate of drug-likeness (QED) is 0.867. The van der Waals surface area contributed by atoms with E-state index in [1.807, 2.05) is 0 Å². The van der Waals surface area contributed by atoms with E-state index in [-0.39, 0.29) is 5.82 Å². The van der Waals surface area contributed by atoms with Crippen molar-refractivity contribution in [3.63, 3.8) is 0 Å². The summed E-state index contributed by atoms with van der Waals surface area (Å²) >= 11 is 0. The van der Waals surface area contributed by atoms with Crippen molar-refractivity contribution in [2.75, 3.05) is 12.8 Å². The molecule has 0 atom stereocenters. The van der Waals surface area contributed by atoms with Crippen molar-refractivity contribution >= 4 is 5.82 Å². The molecule has 17 heavy (non-hydrogen) atoms. The number of methoxy groups -OCH3 is 1. The van der Waals surface area contributed by atoms with Crippen LogP contribution in [0.1, 0.15) is 5.56 Å². The number of nitrogens with two attached hydrogens (primary N) is 1. The third kappa shape index (κ3) is 1.84. The third-order valence-corrected chi connectivity index (χ3v) is 2.76. The number of nitrogens with zero attached hydrogens (tertiary/aromatic N) is 2. The molecular formula is C12H14FN3O. The molecule has 2 aromatic rings. The minimum atomic E-state index is -0.332. The van der Waals surface area contributed by atoms with Gasteiger partial charge in [0.05, 0.1) is 12.8 Å². The Morgan fingerprint density at radius 1 is 1.41 bits per heavy atom. The molecule has 0 aliphatic heterocycles. The Hall–Kier alpha value is -2.04. The first kappa shape index (κ1) is 11.4. The number of ether oxygens (including phenoxy) is 1. The zero-order chi connectivity index (χ0) is 12.6. The molecule has 1 heterocycles. The van der Waals surface area contributed by atoms with Crippen molar-refractivity contribution in [3.8, 4) is 17.0 Å². The van der Waals surface area contributed by atoms with Crippen LogP contribution < -0.4 is 10.5 Å². The number of benzene rings is 1. The average Bonchev–Trinajstić information content (AvgIpc) is 2.59. The molecule has 5 heteroatoms. The van der Waals surface area contributed by atoms with E-state index < -0.39 is 0 Å². The number of rotatable bonds is 2. The van der Waals surface area contributed by atoms with E-state index >= 15 is 0 Å². The van der Waals surface area contributed by atoms with Gasteiger partial charge in [0.1, 0.15) is 17.4 Å². The normalized spacial score (nSPS) is 10.6. The minimum absolute atomic E-state index is 0.332. The van der Waals surface area contributed by atoms with E-state index in [9.17, 15) is 4.39 Å². The number of halogens is 1. The van der Waals surface area contributed by atoms with E-state index in [0.717, 1.165) is 0 Å². The first-order valence-electron chi connectivity index (χ1n) is 5.17. The van der Waals surface area contributed by atoms with E-state index in [0.29, 0.717) is 28.4 Å². The van der Waals surface area contributed by atoms with Crippen LogP contribution in [0.4, 0.5) is 10.2 Å². The van der Waals surface area contributed by atoms with Gasteiger partial charge in [-0.25, -0.2) is 4.39 Å². The second kappa shape index (κ2) is 4.08. The van der Waals surface area contributed by atoms with Gasteiger partial charge in [-0.15, -0.1) is 0 Å². The van der Waals surface area contributed by atoms with Crippen LogP contribution >= 0.6 is 0 Å². The highest BCUT2D eigenvalue weighted by Crippen LogP contribution is 2.32. The van der Waals surface area contributed by atoms with Crippen molar-refractivity contribution in [1.29, 1.82) is 0 Å². The highest BCUT2D eigenvalue weighted by molar-refractivity contribution is 5.69. The lowest BCUT2D eigenvalue weighted by Crippen LogP contribution is -1.97. The van der Waals surface area contributed by atoms with E-state index in [2.05, 4.69) is 5.10 Å². The predicted octanol–water partition coefficient (Wildman–Crippen LogP) is 2.13. The molecule has 0 radical (unpaired) electrons. The molecule has 1 aromatic heterocycles. The van der Waals surface area contributed by atoms with Crippen LogP contribution in [0, 0.1) is 12.7 Å². The Labute approximate surface area is 98.8 Å². The van der Waals surface area contributed by atoms with Gasteiger partial charge in [0.25, 0.3) is 0 Å². The molecule has 0 bridgehead atoms. The minimum Gasteiger partial charge on any atom is -0.496 e. The molecule has 0 unspecified atom stereocenters. The first-order valence-corrected chi connectivity index (χ1v) is 5.17. The summed E-state index contributed by atoms with van der Waals surface area (Å²) in [4.78, 5) is 0. The van der Waals surface area contributed by atoms with Crippen molar-refractivity contribution in [3.05, 3.63) is 29.6 Å². The molecule has 0 aliphatic carbocycles. The van der Waals surface area contributed by atoms with Gasteiger partial charge in [-0.3, -0.25) is 4.68 Å². The summed E-state index contributed by atoms with van der Waals surface area (Å²) < 4.78 is 20.5. The van der Waals surface area contributed by atoms with Crippen LogP contribution in [-0.4, -0.2) is 16.9 Å². The molecule has 90 valence electrons. The number of hydrogen-bond acceptors (Lipinski definition) is 3. The molecular weight excluding hydrogens is 221 g/mol. The van der Waals surface area contributed by atoms with Crippen LogP contribution in [0.5, 0.6) is 5.75 Å². The summed E-state index contributed by atoms with van der Waals surface area (Å²) in [6.45, 7) is 1.79. The molecule has 0 fully saturated rings. The van der Waals surface area contributed by atoms with Crippen molar-refractivity contribution in [2.24, 2.45) is 7.05 Å². The van der Waals surface area contributed by atoms with Crippen LogP contribution in [0.25, 0.3) is 11.3 Å². The molecule has 1 aromatic carbocycles. The fourth-order valence-corrected chi connectivity index (χ4v) is 1.80. The zero-order valence-electron chi connectivity index (χ0n) is 9.99. The SMILES string of the molecule is COc1ccc(F)c(-c2cc(N)n(C)n2)c1C. The van der Waals surface area contributed by atoms with E-state index in [1.54, 1.807) is 33.2 Å². The number of aromatic nitrogens is 2. The molecule has 0 amide bonds. The van der Waals surface area contributed by atoms with Crippen LogP contribution in [0.15, 0.2) is 18.2 Å². The number of aryl methyl sites for hydroxylation is 1. The van der Waals surface area contributed by atoms with Crippen LogP contribution in [0.2, 0.25) is 0 Å². The molecule has 0 saturated carbocycles. The Kier molecular flexibility index (Phi) is 2.75. The monoisotopic (exact) mass is 235 g/mol.